The van der Waals surface area contributed by atoms with Crippen LogP contribution in [-0.2, 0) is 14.4 Å². The molecule has 76 valence electrons. The fourth-order valence-corrected chi connectivity index (χ4v) is 2.57. The first-order valence-electron chi connectivity index (χ1n) is 4.76. The Morgan fingerprint density at radius 3 is 2.36 bits per heavy atom. The van der Waals surface area contributed by atoms with Crippen LogP contribution in [0.4, 0.5) is 0 Å². The molecule has 2 heterocycles. The smallest absolute Gasteiger partial charge is 0.363 e. The molecule has 0 aromatic rings. The van der Waals surface area contributed by atoms with E-state index in [0.717, 1.165) is 0 Å². The first-order valence-corrected chi connectivity index (χ1v) is 4.76. The summed E-state index contributed by atoms with van der Waals surface area (Å²) in [5.74, 6) is -1.44. The zero-order chi connectivity index (χ0) is 10.3. The number of nitrogens with zero attached hydrogens (tertiary/aromatic N) is 1. The second-order valence-corrected chi connectivity index (χ2v) is 3.88. The third kappa shape index (κ3) is 0.957. The van der Waals surface area contributed by atoms with E-state index >= 15 is 0 Å². The molecule has 2 aliphatic rings. The number of amides is 2. The largest absolute Gasteiger partial charge is 0.477 e. The van der Waals surface area contributed by atoms with Crippen molar-refractivity contribution >= 4 is 17.8 Å². The van der Waals surface area contributed by atoms with Crippen LogP contribution < -0.4 is 0 Å². The van der Waals surface area contributed by atoms with Gasteiger partial charge in [0.15, 0.2) is 0 Å². The number of carboxylic acids is 1. The van der Waals surface area contributed by atoms with Crippen molar-refractivity contribution in [2.24, 2.45) is 0 Å². The van der Waals surface area contributed by atoms with Gasteiger partial charge in [0, 0.05) is 12.8 Å². The normalized spacial score (nSPS) is 30.1. The summed E-state index contributed by atoms with van der Waals surface area (Å²) < 4.78 is -0.407. The van der Waals surface area contributed by atoms with Gasteiger partial charge in [0.25, 0.3) is 0 Å². The van der Waals surface area contributed by atoms with Crippen LogP contribution in [-0.4, -0.2) is 40.0 Å². The van der Waals surface area contributed by atoms with E-state index in [1.165, 1.54) is 0 Å². The minimum atomic E-state index is -1.02. The van der Waals surface area contributed by atoms with Gasteiger partial charge in [0.05, 0.1) is 19.4 Å². The molecule has 5 nitrogen and oxygen atoms in total. The molecule has 1 spiro atoms. The number of hydrogen-bond donors (Lipinski definition) is 1. The molecule has 0 saturated carbocycles. The maximum absolute atomic E-state index is 11.6. The number of imide groups is 1. The van der Waals surface area contributed by atoms with E-state index in [1.807, 2.05) is 0 Å². The molecular formula is C9H12NO4+. The number of carboxylic acid groups (broad SMARTS) is 1. The van der Waals surface area contributed by atoms with Gasteiger partial charge in [-0.3, -0.25) is 0 Å². The van der Waals surface area contributed by atoms with Gasteiger partial charge >= 0.3 is 17.8 Å². The van der Waals surface area contributed by atoms with Crippen LogP contribution in [0.1, 0.15) is 25.7 Å². The fourth-order valence-electron chi connectivity index (χ4n) is 2.57. The van der Waals surface area contributed by atoms with E-state index in [2.05, 4.69) is 0 Å². The van der Waals surface area contributed by atoms with E-state index in [1.54, 1.807) is 0 Å². The number of hydrogen-bond acceptors (Lipinski definition) is 3. The highest BCUT2D eigenvalue weighted by Crippen LogP contribution is 2.34. The minimum absolute atomic E-state index is 0.208. The van der Waals surface area contributed by atoms with Crippen molar-refractivity contribution in [2.75, 3.05) is 6.54 Å². The summed E-state index contributed by atoms with van der Waals surface area (Å²) in [6.45, 7) is 0.384. The van der Waals surface area contributed by atoms with E-state index in [-0.39, 0.29) is 24.7 Å². The molecule has 2 amide bonds. The second-order valence-electron chi connectivity index (χ2n) is 3.88. The Labute approximate surface area is 80.9 Å². The highest BCUT2D eigenvalue weighted by molar-refractivity contribution is 5.95. The van der Waals surface area contributed by atoms with Gasteiger partial charge in [-0.05, 0) is 0 Å². The number of aliphatic carboxylic acids is 1. The van der Waals surface area contributed by atoms with Crippen molar-refractivity contribution in [3.63, 3.8) is 0 Å². The number of carbonyl (C=O) groups excluding carboxylic acids is 2. The summed E-state index contributed by atoms with van der Waals surface area (Å²) in [5, 5.41) is 8.95. The Morgan fingerprint density at radius 1 is 1.29 bits per heavy atom. The van der Waals surface area contributed by atoms with Crippen LogP contribution in [0.3, 0.4) is 0 Å². The van der Waals surface area contributed by atoms with Gasteiger partial charge in [0.2, 0.25) is 6.04 Å². The standard InChI is InChI=1S/C9H11NO4/c11-7-3-4-8(12)10(7)5-1-2-6(10)9(13)14/h6H,1-5H2/p+1/t6-/m0/s1. The molecule has 0 aromatic carbocycles. The second kappa shape index (κ2) is 2.88. The lowest BCUT2D eigenvalue weighted by molar-refractivity contribution is -0.777. The van der Waals surface area contributed by atoms with Crippen LogP contribution >= 0.6 is 0 Å². The summed E-state index contributed by atoms with van der Waals surface area (Å²) in [6, 6.07) is -0.822. The summed E-state index contributed by atoms with van der Waals surface area (Å²) in [7, 11) is 0. The van der Waals surface area contributed by atoms with Crippen molar-refractivity contribution in [1.29, 1.82) is 0 Å². The first kappa shape index (κ1) is 9.33. The number of quaternary nitrogens is 1. The van der Waals surface area contributed by atoms with Gasteiger partial charge in [0.1, 0.15) is 0 Å². The van der Waals surface area contributed by atoms with Crippen LogP contribution in [0.5, 0.6) is 0 Å². The van der Waals surface area contributed by atoms with Crippen molar-refractivity contribution in [2.45, 2.75) is 31.7 Å². The van der Waals surface area contributed by atoms with Crippen molar-refractivity contribution in [3.05, 3.63) is 0 Å². The lowest BCUT2D eigenvalue weighted by Gasteiger charge is -2.27. The van der Waals surface area contributed by atoms with Gasteiger partial charge in [-0.1, -0.05) is 0 Å². The zero-order valence-electron chi connectivity index (χ0n) is 7.73. The van der Waals surface area contributed by atoms with E-state index in [9.17, 15) is 14.4 Å². The van der Waals surface area contributed by atoms with Crippen molar-refractivity contribution in [1.82, 2.24) is 0 Å². The minimum Gasteiger partial charge on any atom is -0.477 e. The SMILES string of the molecule is O=C(O)[C@@H]1CCC[N+]12C(=O)CCC2=O. The fraction of sp³-hybridized carbons (Fsp3) is 0.667. The predicted molar refractivity (Wildman–Crippen MR) is 45.0 cm³/mol. The van der Waals surface area contributed by atoms with Gasteiger partial charge in [-0.15, -0.1) is 0 Å². The molecule has 5 heteroatoms. The predicted octanol–water partition coefficient (Wildman–Crippen LogP) is -0.103. The van der Waals surface area contributed by atoms with Crippen LogP contribution in [0.15, 0.2) is 0 Å². The molecule has 0 aliphatic carbocycles. The molecule has 14 heavy (non-hydrogen) atoms. The van der Waals surface area contributed by atoms with Crippen molar-refractivity contribution < 1.29 is 24.0 Å². The Hall–Kier alpha value is -1.23. The van der Waals surface area contributed by atoms with Gasteiger partial charge < -0.3 is 5.11 Å². The Kier molecular flexibility index (Phi) is 1.92. The first-order chi connectivity index (χ1) is 6.59. The summed E-state index contributed by atoms with van der Waals surface area (Å²) >= 11 is 0. The third-order valence-corrected chi connectivity index (χ3v) is 3.25. The average Bonchev–Trinajstić information content (AvgIpc) is 2.67. The van der Waals surface area contributed by atoms with Crippen molar-refractivity contribution in [3.8, 4) is 0 Å². The van der Waals surface area contributed by atoms with Crippen LogP contribution in [0, 0.1) is 0 Å². The molecule has 0 bridgehead atoms. The van der Waals surface area contributed by atoms with Gasteiger partial charge in [-0.25, -0.2) is 14.4 Å². The number of rotatable bonds is 1. The number of carbonyl (C=O) groups is 3. The molecular weight excluding hydrogens is 186 g/mol. The molecule has 2 fully saturated rings. The lowest BCUT2D eigenvalue weighted by Crippen LogP contribution is -2.58. The molecule has 2 saturated heterocycles. The third-order valence-electron chi connectivity index (χ3n) is 3.25. The summed E-state index contributed by atoms with van der Waals surface area (Å²) in [4.78, 5) is 34.2. The molecule has 1 N–H and O–H groups in total. The molecule has 0 radical (unpaired) electrons. The summed E-state index contributed by atoms with van der Waals surface area (Å²) in [5.41, 5.74) is 0. The summed E-state index contributed by atoms with van der Waals surface area (Å²) in [6.07, 6.45) is 1.51. The Bertz CT molecular complexity index is 307. The van der Waals surface area contributed by atoms with E-state index in [0.29, 0.717) is 19.4 Å². The maximum Gasteiger partial charge on any atom is 0.363 e. The molecule has 0 unspecified atom stereocenters. The average molecular weight is 198 g/mol. The molecule has 0 aromatic heterocycles. The van der Waals surface area contributed by atoms with Gasteiger partial charge in [-0.2, -0.15) is 4.48 Å². The maximum atomic E-state index is 11.6. The molecule has 1 atom stereocenters. The highest BCUT2D eigenvalue weighted by Gasteiger charge is 2.60. The molecule has 2 aliphatic heterocycles. The monoisotopic (exact) mass is 198 g/mol. The van der Waals surface area contributed by atoms with Crippen LogP contribution in [0.2, 0.25) is 0 Å². The zero-order valence-corrected chi connectivity index (χ0v) is 7.73. The lowest BCUT2D eigenvalue weighted by atomic mass is 10.2. The Balaban J connectivity index is 2.42. The molecule has 2 rings (SSSR count). The van der Waals surface area contributed by atoms with E-state index < -0.39 is 16.5 Å². The van der Waals surface area contributed by atoms with E-state index in [4.69, 9.17) is 5.11 Å². The highest BCUT2D eigenvalue weighted by atomic mass is 16.4. The topological polar surface area (TPSA) is 71.4 Å². The van der Waals surface area contributed by atoms with Crippen LogP contribution in [0.25, 0.3) is 0 Å². The quantitative estimate of drug-likeness (QED) is 0.471. The Morgan fingerprint density at radius 2 is 1.86 bits per heavy atom.